The van der Waals surface area contributed by atoms with E-state index in [0.717, 1.165) is 26.2 Å². The molecule has 0 aromatic heterocycles. The van der Waals surface area contributed by atoms with Gasteiger partial charge in [0, 0.05) is 13.1 Å². The molecule has 0 N–H and O–H groups in total. The normalized spacial score (nSPS) is 28.3. The number of hydrogen-bond acceptors (Lipinski definition) is 2. The third-order valence-corrected chi connectivity index (χ3v) is 1.91. The zero-order valence-corrected chi connectivity index (χ0v) is 6.13. The molecule has 54 valence electrons. The molecular formula is C6H14N2O. The maximum absolute atomic E-state index is 11.2. The summed E-state index contributed by atoms with van der Waals surface area (Å²) in [4.78, 5) is 2.19. The molecule has 3 nitrogen and oxygen atoms in total. The minimum Gasteiger partial charge on any atom is -0.633 e. The molecule has 0 bridgehead atoms. The second-order valence-corrected chi connectivity index (χ2v) is 3.05. The van der Waals surface area contributed by atoms with Crippen LogP contribution in [-0.4, -0.2) is 49.8 Å². The molecule has 0 radical (unpaired) electrons. The highest BCUT2D eigenvalue weighted by atomic mass is 16.5. The zero-order valence-electron chi connectivity index (χ0n) is 6.13. The highest BCUT2D eigenvalue weighted by molar-refractivity contribution is 4.57. The molecule has 9 heavy (non-hydrogen) atoms. The molecule has 0 atom stereocenters. The summed E-state index contributed by atoms with van der Waals surface area (Å²) in [6.45, 7) is 3.38. The number of hydroxylamine groups is 3. The van der Waals surface area contributed by atoms with Crippen LogP contribution in [0.15, 0.2) is 0 Å². The van der Waals surface area contributed by atoms with Crippen molar-refractivity contribution in [3.8, 4) is 0 Å². The second kappa shape index (κ2) is 2.25. The van der Waals surface area contributed by atoms with Crippen LogP contribution in [-0.2, 0) is 0 Å². The highest BCUT2D eigenvalue weighted by Gasteiger charge is 2.17. The molecule has 0 aromatic rings. The Balaban J connectivity index is 2.35. The van der Waals surface area contributed by atoms with Crippen molar-refractivity contribution in [2.45, 2.75) is 0 Å². The molecule has 1 rings (SSSR count). The SMILES string of the molecule is CN1CC[N+](C)([O-])CC1. The van der Waals surface area contributed by atoms with Gasteiger partial charge in [0.1, 0.15) is 0 Å². The van der Waals surface area contributed by atoms with E-state index >= 15 is 0 Å². The Kier molecular flexibility index (Phi) is 1.75. The van der Waals surface area contributed by atoms with E-state index in [0.29, 0.717) is 0 Å². The van der Waals surface area contributed by atoms with E-state index in [4.69, 9.17) is 0 Å². The molecule has 0 amide bonds. The maximum Gasteiger partial charge on any atom is 0.0911 e. The Morgan fingerprint density at radius 3 is 2.11 bits per heavy atom. The van der Waals surface area contributed by atoms with Crippen LogP contribution in [0, 0.1) is 5.21 Å². The van der Waals surface area contributed by atoms with Crippen LogP contribution in [0.3, 0.4) is 0 Å². The number of hydrogen-bond donors (Lipinski definition) is 0. The van der Waals surface area contributed by atoms with Gasteiger partial charge in [0.05, 0.1) is 20.1 Å². The minimum absolute atomic E-state index is 0.0513. The average molecular weight is 130 g/mol. The average Bonchev–Trinajstić information content (AvgIpc) is 1.78. The summed E-state index contributed by atoms with van der Waals surface area (Å²) in [6, 6.07) is 0. The lowest BCUT2D eigenvalue weighted by atomic mass is 10.3. The highest BCUT2D eigenvalue weighted by Crippen LogP contribution is 2.04. The van der Waals surface area contributed by atoms with Gasteiger partial charge in [-0.15, -0.1) is 0 Å². The number of nitrogens with zero attached hydrogens (tertiary/aromatic N) is 2. The number of piperazine rings is 1. The van der Waals surface area contributed by atoms with Crippen LogP contribution in [0.2, 0.25) is 0 Å². The van der Waals surface area contributed by atoms with Gasteiger partial charge >= 0.3 is 0 Å². The lowest BCUT2D eigenvalue weighted by Gasteiger charge is -2.44. The van der Waals surface area contributed by atoms with Gasteiger partial charge in [-0.1, -0.05) is 0 Å². The van der Waals surface area contributed by atoms with E-state index < -0.39 is 0 Å². The third kappa shape index (κ3) is 1.93. The van der Waals surface area contributed by atoms with Crippen LogP contribution < -0.4 is 0 Å². The second-order valence-electron chi connectivity index (χ2n) is 3.05. The summed E-state index contributed by atoms with van der Waals surface area (Å²) in [5.74, 6) is 0. The van der Waals surface area contributed by atoms with Crippen molar-refractivity contribution in [1.82, 2.24) is 4.90 Å². The molecule has 1 aliphatic rings. The van der Waals surface area contributed by atoms with Crippen LogP contribution in [0.4, 0.5) is 0 Å². The Morgan fingerprint density at radius 2 is 1.78 bits per heavy atom. The van der Waals surface area contributed by atoms with Crippen molar-refractivity contribution in [3.63, 3.8) is 0 Å². The van der Waals surface area contributed by atoms with E-state index in [1.165, 1.54) is 0 Å². The van der Waals surface area contributed by atoms with Gasteiger partial charge in [-0.2, -0.15) is 0 Å². The quantitative estimate of drug-likeness (QED) is 0.337. The molecule has 1 heterocycles. The van der Waals surface area contributed by atoms with Crippen molar-refractivity contribution >= 4 is 0 Å². The summed E-state index contributed by atoms with van der Waals surface area (Å²) < 4.78 is -0.0513. The fourth-order valence-electron chi connectivity index (χ4n) is 0.988. The van der Waals surface area contributed by atoms with Gasteiger partial charge in [0.25, 0.3) is 0 Å². The molecule has 1 fully saturated rings. The Bertz CT molecular complexity index is 93.2. The van der Waals surface area contributed by atoms with Crippen LogP contribution in [0.25, 0.3) is 0 Å². The summed E-state index contributed by atoms with van der Waals surface area (Å²) >= 11 is 0. The molecule has 1 aliphatic heterocycles. The smallest absolute Gasteiger partial charge is 0.0911 e. The fourth-order valence-corrected chi connectivity index (χ4v) is 0.988. The van der Waals surface area contributed by atoms with Gasteiger partial charge in [0.15, 0.2) is 0 Å². The van der Waals surface area contributed by atoms with E-state index in [9.17, 15) is 5.21 Å². The number of rotatable bonds is 0. The summed E-state index contributed by atoms with van der Waals surface area (Å²) in [6.07, 6.45) is 0. The van der Waals surface area contributed by atoms with Crippen molar-refractivity contribution in [1.29, 1.82) is 0 Å². The Labute approximate surface area is 56.0 Å². The molecule has 0 spiro atoms. The molecule has 1 saturated heterocycles. The first-order chi connectivity index (χ1) is 4.10. The number of likely N-dealkylation sites (N-methyl/N-ethyl adjacent to an activating group) is 2. The standard InChI is InChI=1S/C6H14N2O/c1-7-3-5-8(2,9)6-4-7/h3-6H2,1-2H3. The van der Waals surface area contributed by atoms with E-state index in [-0.39, 0.29) is 4.65 Å². The van der Waals surface area contributed by atoms with Crippen molar-refractivity contribution in [3.05, 3.63) is 5.21 Å². The van der Waals surface area contributed by atoms with Gasteiger partial charge < -0.3 is 9.85 Å². The lowest BCUT2D eigenvalue weighted by molar-refractivity contribution is -0.865. The number of quaternary nitrogens is 1. The monoisotopic (exact) mass is 130 g/mol. The Hall–Kier alpha value is -0.120. The van der Waals surface area contributed by atoms with E-state index in [1.54, 1.807) is 7.05 Å². The van der Waals surface area contributed by atoms with Crippen LogP contribution in [0.1, 0.15) is 0 Å². The van der Waals surface area contributed by atoms with Crippen molar-refractivity contribution < 1.29 is 4.65 Å². The predicted octanol–water partition coefficient (Wildman–Crippen LogP) is -0.124. The van der Waals surface area contributed by atoms with Gasteiger partial charge in [-0.3, -0.25) is 4.90 Å². The van der Waals surface area contributed by atoms with Crippen molar-refractivity contribution in [2.75, 3.05) is 40.3 Å². The van der Waals surface area contributed by atoms with Crippen LogP contribution >= 0.6 is 0 Å². The first-order valence-corrected chi connectivity index (χ1v) is 3.34. The largest absolute Gasteiger partial charge is 0.633 e. The first kappa shape index (κ1) is 6.99. The van der Waals surface area contributed by atoms with Gasteiger partial charge in [-0.05, 0) is 7.05 Å². The topological polar surface area (TPSA) is 26.3 Å². The minimum atomic E-state index is -0.0513. The van der Waals surface area contributed by atoms with Crippen LogP contribution in [0.5, 0.6) is 0 Å². The summed E-state index contributed by atoms with van der Waals surface area (Å²) in [5, 5.41) is 11.2. The predicted molar refractivity (Wildman–Crippen MR) is 36.8 cm³/mol. The molecule has 3 heteroatoms. The summed E-state index contributed by atoms with van der Waals surface area (Å²) in [5.41, 5.74) is 0. The zero-order chi connectivity index (χ0) is 6.91. The van der Waals surface area contributed by atoms with Gasteiger partial charge in [-0.25, -0.2) is 0 Å². The molecule has 0 saturated carbocycles. The first-order valence-electron chi connectivity index (χ1n) is 3.34. The van der Waals surface area contributed by atoms with Crippen molar-refractivity contribution in [2.24, 2.45) is 0 Å². The molecule has 0 unspecified atom stereocenters. The van der Waals surface area contributed by atoms with E-state index in [1.807, 2.05) is 0 Å². The lowest BCUT2D eigenvalue weighted by Crippen LogP contribution is -2.52. The van der Waals surface area contributed by atoms with E-state index in [2.05, 4.69) is 11.9 Å². The Morgan fingerprint density at radius 1 is 1.33 bits per heavy atom. The molecule has 0 aromatic carbocycles. The van der Waals surface area contributed by atoms with Gasteiger partial charge in [0.2, 0.25) is 0 Å². The third-order valence-electron chi connectivity index (χ3n) is 1.91. The maximum atomic E-state index is 11.2. The summed E-state index contributed by atoms with van der Waals surface area (Å²) in [7, 11) is 3.80. The molecular weight excluding hydrogens is 116 g/mol. The fraction of sp³-hybridized carbons (Fsp3) is 1.00. The molecule has 0 aliphatic carbocycles.